The Labute approximate surface area is 155 Å². The van der Waals surface area contributed by atoms with E-state index in [1.165, 1.54) is 0 Å². The Morgan fingerprint density at radius 1 is 1.15 bits per heavy atom. The van der Waals surface area contributed by atoms with Gasteiger partial charge in [0.05, 0.1) is 12.0 Å². The predicted octanol–water partition coefficient (Wildman–Crippen LogP) is 5.40. The maximum absolute atomic E-state index is 5.81. The van der Waals surface area contributed by atoms with Crippen LogP contribution in [0, 0.1) is 0 Å². The lowest BCUT2D eigenvalue weighted by molar-refractivity contribution is 0.415. The number of para-hydroxylation sites is 1. The first-order chi connectivity index (χ1) is 12.7. The van der Waals surface area contributed by atoms with Crippen molar-refractivity contribution in [3.8, 4) is 16.2 Å². The third-order valence-corrected chi connectivity index (χ3v) is 4.93. The maximum atomic E-state index is 5.81. The van der Waals surface area contributed by atoms with Crippen LogP contribution in [-0.4, -0.2) is 17.8 Å². The maximum Gasteiger partial charge on any atom is 0.203 e. The van der Waals surface area contributed by atoms with Gasteiger partial charge in [-0.3, -0.25) is 5.43 Å². The molecule has 6 heteroatoms. The molecular formula is C20H17N3O2S. The van der Waals surface area contributed by atoms with Gasteiger partial charge in [-0.25, -0.2) is 4.98 Å². The Kier molecular flexibility index (Phi) is 4.41. The van der Waals surface area contributed by atoms with Crippen molar-refractivity contribution < 1.29 is 9.15 Å². The lowest BCUT2D eigenvalue weighted by Gasteiger charge is -2.00. The van der Waals surface area contributed by atoms with Gasteiger partial charge in [0.15, 0.2) is 5.76 Å². The summed E-state index contributed by atoms with van der Waals surface area (Å²) in [7, 11) is 1.66. The number of hydrogen-bond acceptors (Lipinski definition) is 6. The molecule has 2 aromatic carbocycles. The zero-order valence-electron chi connectivity index (χ0n) is 14.4. The first-order valence-corrected chi connectivity index (χ1v) is 8.94. The molecule has 2 heterocycles. The fourth-order valence-corrected chi connectivity index (χ4v) is 3.33. The number of nitrogens with zero attached hydrogens (tertiary/aromatic N) is 2. The number of ether oxygens (including phenoxy) is 1. The Hall–Kier alpha value is -3.12. The smallest absolute Gasteiger partial charge is 0.203 e. The van der Waals surface area contributed by atoms with Crippen LogP contribution >= 0.6 is 11.3 Å². The zero-order valence-corrected chi connectivity index (χ0v) is 15.2. The van der Waals surface area contributed by atoms with E-state index in [0.29, 0.717) is 0 Å². The number of fused-ring (bicyclic) bond motifs is 1. The van der Waals surface area contributed by atoms with Crippen molar-refractivity contribution in [2.24, 2.45) is 5.10 Å². The summed E-state index contributed by atoms with van der Waals surface area (Å²) in [6, 6.07) is 17.8. The molecule has 0 aliphatic heterocycles. The standard InChI is InChI=1S/C20H17N3O2S/c1-13(18-11-15-5-3-4-6-17(15)25-18)22-23-20-21-12-19(26-20)14-7-9-16(24-2)10-8-14/h3-12H,1-2H3,(H,21,23)/b22-13+. The number of furan rings is 1. The molecule has 0 unspecified atom stereocenters. The highest BCUT2D eigenvalue weighted by molar-refractivity contribution is 7.18. The molecular weight excluding hydrogens is 346 g/mol. The summed E-state index contributed by atoms with van der Waals surface area (Å²) >= 11 is 1.54. The van der Waals surface area contributed by atoms with Gasteiger partial charge in [-0.05, 0) is 48.9 Å². The van der Waals surface area contributed by atoms with E-state index in [1.807, 2.05) is 67.7 Å². The third-order valence-electron chi connectivity index (χ3n) is 3.98. The predicted molar refractivity (Wildman–Crippen MR) is 106 cm³/mol. The van der Waals surface area contributed by atoms with E-state index in [-0.39, 0.29) is 0 Å². The fraction of sp³-hybridized carbons (Fsp3) is 0.100. The van der Waals surface area contributed by atoms with Crippen LogP contribution in [-0.2, 0) is 0 Å². The number of nitrogens with one attached hydrogen (secondary N) is 1. The number of rotatable bonds is 5. The van der Waals surface area contributed by atoms with Gasteiger partial charge in [-0.2, -0.15) is 5.10 Å². The summed E-state index contributed by atoms with van der Waals surface area (Å²) in [5.41, 5.74) is 5.72. The number of hydrogen-bond donors (Lipinski definition) is 1. The highest BCUT2D eigenvalue weighted by Gasteiger charge is 2.08. The molecule has 0 fully saturated rings. The molecule has 0 saturated heterocycles. The molecule has 26 heavy (non-hydrogen) atoms. The van der Waals surface area contributed by atoms with Gasteiger partial charge in [-0.15, -0.1) is 0 Å². The van der Waals surface area contributed by atoms with Crippen molar-refractivity contribution in [1.82, 2.24) is 4.98 Å². The van der Waals surface area contributed by atoms with Crippen LogP contribution in [0.3, 0.4) is 0 Å². The molecule has 5 nitrogen and oxygen atoms in total. The van der Waals surface area contributed by atoms with Crippen molar-refractivity contribution in [2.45, 2.75) is 6.92 Å². The Balaban J connectivity index is 1.50. The van der Waals surface area contributed by atoms with Crippen LogP contribution in [0.4, 0.5) is 5.13 Å². The number of benzene rings is 2. The second kappa shape index (κ2) is 7.01. The summed E-state index contributed by atoms with van der Waals surface area (Å²) in [5, 5.41) is 6.19. The molecule has 0 amide bonds. The van der Waals surface area contributed by atoms with Crippen LogP contribution < -0.4 is 10.2 Å². The van der Waals surface area contributed by atoms with Crippen molar-refractivity contribution in [1.29, 1.82) is 0 Å². The van der Waals surface area contributed by atoms with Gasteiger partial charge in [0.25, 0.3) is 0 Å². The summed E-state index contributed by atoms with van der Waals surface area (Å²) in [6.07, 6.45) is 1.83. The molecule has 0 bridgehead atoms. The number of aromatic nitrogens is 1. The van der Waals surface area contributed by atoms with Crippen LogP contribution in [0.5, 0.6) is 5.75 Å². The zero-order chi connectivity index (χ0) is 17.9. The molecule has 4 aromatic rings. The van der Waals surface area contributed by atoms with Gasteiger partial charge in [-0.1, -0.05) is 29.5 Å². The van der Waals surface area contributed by atoms with Crippen molar-refractivity contribution in [3.05, 3.63) is 66.6 Å². The third kappa shape index (κ3) is 3.32. The number of thiazole rings is 1. The van der Waals surface area contributed by atoms with Crippen LogP contribution in [0.25, 0.3) is 21.4 Å². The van der Waals surface area contributed by atoms with E-state index < -0.39 is 0 Å². The first-order valence-electron chi connectivity index (χ1n) is 8.12. The van der Waals surface area contributed by atoms with Crippen molar-refractivity contribution in [3.63, 3.8) is 0 Å². The van der Waals surface area contributed by atoms with Gasteiger partial charge >= 0.3 is 0 Å². The molecule has 0 atom stereocenters. The first kappa shape index (κ1) is 16.4. The molecule has 1 N–H and O–H groups in total. The molecule has 4 rings (SSSR count). The number of methoxy groups -OCH3 is 1. The molecule has 0 aliphatic carbocycles. The summed E-state index contributed by atoms with van der Waals surface area (Å²) < 4.78 is 11.0. The lowest BCUT2D eigenvalue weighted by atomic mass is 10.2. The second-order valence-electron chi connectivity index (χ2n) is 5.72. The summed E-state index contributed by atoms with van der Waals surface area (Å²) in [5.74, 6) is 1.58. The van der Waals surface area contributed by atoms with E-state index in [4.69, 9.17) is 9.15 Å². The molecule has 0 aliphatic rings. The molecule has 2 aromatic heterocycles. The van der Waals surface area contributed by atoms with E-state index in [1.54, 1.807) is 18.4 Å². The monoisotopic (exact) mass is 363 g/mol. The number of anilines is 1. The van der Waals surface area contributed by atoms with E-state index in [9.17, 15) is 0 Å². The number of hydrazone groups is 1. The lowest BCUT2D eigenvalue weighted by Crippen LogP contribution is -1.97. The van der Waals surface area contributed by atoms with E-state index >= 15 is 0 Å². The SMILES string of the molecule is COc1ccc(-c2cnc(N/N=C(\C)c3cc4ccccc4o3)s2)cc1. The molecule has 130 valence electrons. The molecule has 0 spiro atoms. The topological polar surface area (TPSA) is 59.6 Å². The normalized spacial score (nSPS) is 11.7. The minimum atomic E-state index is 0.728. The minimum absolute atomic E-state index is 0.728. The van der Waals surface area contributed by atoms with Crippen molar-refractivity contribution in [2.75, 3.05) is 12.5 Å². The van der Waals surface area contributed by atoms with E-state index in [0.717, 1.165) is 43.8 Å². The minimum Gasteiger partial charge on any atom is -0.497 e. The average molecular weight is 363 g/mol. The Morgan fingerprint density at radius 3 is 2.73 bits per heavy atom. The summed E-state index contributed by atoms with van der Waals surface area (Å²) in [6.45, 7) is 1.91. The quantitative estimate of drug-likeness (QED) is 0.381. The highest BCUT2D eigenvalue weighted by Crippen LogP contribution is 2.30. The fourth-order valence-electron chi connectivity index (χ4n) is 2.56. The van der Waals surface area contributed by atoms with Gasteiger partial charge in [0.2, 0.25) is 5.13 Å². The Morgan fingerprint density at radius 2 is 1.96 bits per heavy atom. The summed E-state index contributed by atoms with van der Waals surface area (Å²) in [4.78, 5) is 5.44. The van der Waals surface area contributed by atoms with Gasteiger partial charge in [0.1, 0.15) is 17.0 Å². The van der Waals surface area contributed by atoms with Crippen LogP contribution in [0.15, 0.2) is 70.3 Å². The van der Waals surface area contributed by atoms with Crippen LogP contribution in [0.1, 0.15) is 12.7 Å². The second-order valence-corrected chi connectivity index (χ2v) is 6.75. The molecule has 0 radical (unpaired) electrons. The molecule has 0 saturated carbocycles. The Bertz CT molecular complexity index is 1030. The van der Waals surface area contributed by atoms with Gasteiger partial charge in [0, 0.05) is 11.6 Å². The highest BCUT2D eigenvalue weighted by atomic mass is 32.1. The average Bonchev–Trinajstić information content (AvgIpc) is 3.33. The van der Waals surface area contributed by atoms with Gasteiger partial charge < -0.3 is 9.15 Å². The largest absolute Gasteiger partial charge is 0.497 e. The van der Waals surface area contributed by atoms with Crippen molar-refractivity contribution >= 4 is 33.1 Å². The van der Waals surface area contributed by atoms with Crippen LogP contribution in [0.2, 0.25) is 0 Å². The van der Waals surface area contributed by atoms with E-state index in [2.05, 4.69) is 15.5 Å².